The van der Waals surface area contributed by atoms with Crippen LogP contribution >= 0.6 is 0 Å². The van der Waals surface area contributed by atoms with Gasteiger partial charge >= 0.3 is 0 Å². The van der Waals surface area contributed by atoms with Gasteiger partial charge in [-0.2, -0.15) is 4.31 Å². The third-order valence-corrected chi connectivity index (χ3v) is 7.01. The molecule has 0 bridgehead atoms. The highest BCUT2D eigenvalue weighted by atomic mass is 32.2. The number of hydrogen-bond acceptors (Lipinski definition) is 5. The molecule has 2 heterocycles. The molecule has 24 heavy (non-hydrogen) atoms. The first-order valence-electron chi connectivity index (χ1n) is 8.53. The van der Waals surface area contributed by atoms with E-state index in [-0.39, 0.29) is 10.8 Å². The van der Waals surface area contributed by atoms with Gasteiger partial charge in [0.15, 0.2) is 0 Å². The number of piperidine rings is 2. The van der Waals surface area contributed by atoms with Crippen LogP contribution in [0.25, 0.3) is 0 Å². The molecule has 0 aliphatic carbocycles. The molecule has 2 aliphatic rings. The summed E-state index contributed by atoms with van der Waals surface area (Å²) in [5.74, 6) is 0.320. The van der Waals surface area contributed by atoms with Crippen LogP contribution < -0.4 is 10.1 Å². The molecule has 1 aromatic rings. The number of ether oxygens (including phenoxy) is 1. The molecule has 2 aliphatic heterocycles. The van der Waals surface area contributed by atoms with Crippen molar-refractivity contribution < 1.29 is 18.3 Å². The zero-order chi connectivity index (χ0) is 17.4. The number of nitrogens with one attached hydrogen (secondary N) is 1. The quantitative estimate of drug-likeness (QED) is 0.847. The molecule has 0 aromatic heterocycles. The smallest absolute Gasteiger partial charge is 0.246 e. The fourth-order valence-corrected chi connectivity index (χ4v) is 5.35. The lowest BCUT2D eigenvalue weighted by molar-refractivity contribution is -0.0744. The van der Waals surface area contributed by atoms with E-state index in [1.54, 1.807) is 12.1 Å². The van der Waals surface area contributed by atoms with Crippen molar-refractivity contribution in [2.45, 2.75) is 37.2 Å². The second-order valence-corrected chi connectivity index (χ2v) is 8.66. The fourth-order valence-electron chi connectivity index (χ4n) is 3.64. The lowest BCUT2D eigenvalue weighted by atomic mass is 9.77. The van der Waals surface area contributed by atoms with Crippen molar-refractivity contribution in [3.63, 3.8) is 0 Å². The SMILES string of the molecule is CCOc1ccc(C)cc1S(=O)(=O)N1CCC2(O)CCNCC2C1. The average Bonchev–Trinajstić information content (AvgIpc) is 2.55. The van der Waals surface area contributed by atoms with Crippen LogP contribution in [0.15, 0.2) is 23.1 Å². The van der Waals surface area contributed by atoms with E-state index in [4.69, 9.17) is 4.74 Å². The standard InChI is InChI=1S/C17H26N2O4S/c1-3-23-15-5-4-13(2)10-16(15)24(21,22)19-9-7-17(20)6-8-18-11-14(17)12-19/h4-5,10,14,18,20H,3,6-9,11-12H2,1-2H3. The zero-order valence-corrected chi connectivity index (χ0v) is 15.1. The number of nitrogens with zero attached hydrogens (tertiary/aromatic N) is 1. The summed E-state index contributed by atoms with van der Waals surface area (Å²) < 4.78 is 33.3. The molecule has 7 heteroatoms. The summed E-state index contributed by atoms with van der Waals surface area (Å²) >= 11 is 0. The highest BCUT2D eigenvalue weighted by molar-refractivity contribution is 7.89. The number of hydrogen-bond donors (Lipinski definition) is 2. The highest BCUT2D eigenvalue weighted by Gasteiger charge is 2.46. The Labute approximate surface area is 143 Å². The molecule has 2 fully saturated rings. The summed E-state index contributed by atoms with van der Waals surface area (Å²) in [7, 11) is -3.65. The summed E-state index contributed by atoms with van der Waals surface area (Å²) in [6.07, 6.45) is 1.16. The van der Waals surface area contributed by atoms with E-state index < -0.39 is 15.6 Å². The molecule has 3 rings (SSSR count). The summed E-state index contributed by atoms with van der Waals surface area (Å²) in [5, 5.41) is 14.0. The van der Waals surface area contributed by atoms with E-state index in [1.165, 1.54) is 4.31 Å². The van der Waals surface area contributed by atoms with Crippen LogP contribution in [-0.4, -0.2) is 56.2 Å². The van der Waals surface area contributed by atoms with Crippen molar-refractivity contribution in [3.05, 3.63) is 23.8 Å². The summed E-state index contributed by atoms with van der Waals surface area (Å²) in [4.78, 5) is 0.221. The number of aryl methyl sites for hydroxylation is 1. The summed E-state index contributed by atoms with van der Waals surface area (Å²) in [6, 6.07) is 5.23. The lowest BCUT2D eigenvalue weighted by Crippen LogP contribution is -2.59. The number of aliphatic hydroxyl groups is 1. The zero-order valence-electron chi connectivity index (χ0n) is 14.3. The van der Waals surface area contributed by atoms with E-state index in [0.717, 1.165) is 12.1 Å². The molecular weight excluding hydrogens is 328 g/mol. The Morgan fingerprint density at radius 2 is 2.21 bits per heavy atom. The van der Waals surface area contributed by atoms with Gasteiger partial charge in [-0.1, -0.05) is 6.07 Å². The molecule has 2 N–H and O–H groups in total. The Kier molecular flexibility index (Phi) is 4.88. The molecule has 0 spiro atoms. The van der Waals surface area contributed by atoms with Crippen molar-refractivity contribution in [2.24, 2.45) is 5.92 Å². The molecule has 6 nitrogen and oxygen atoms in total. The minimum Gasteiger partial charge on any atom is -0.492 e. The van der Waals surface area contributed by atoms with Gasteiger partial charge in [-0.05, 0) is 50.9 Å². The van der Waals surface area contributed by atoms with Crippen molar-refractivity contribution in [2.75, 3.05) is 32.8 Å². The molecule has 0 radical (unpaired) electrons. The minimum atomic E-state index is -3.65. The third kappa shape index (κ3) is 3.18. The van der Waals surface area contributed by atoms with Gasteiger partial charge in [-0.3, -0.25) is 0 Å². The van der Waals surface area contributed by atoms with Crippen LogP contribution in [0, 0.1) is 12.8 Å². The second kappa shape index (κ2) is 6.63. The first kappa shape index (κ1) is 17.7. The van der Waals surface area contributed by atoms with Gasteiger partial charge in [-0.25, -0.2) is 8.42 Å². The molecule has 1 aromatic carbocycles. The van der Waals surface area contributed by atoms with Crippen molar-refractivity contribution in [3.8, 4) is 5.75 Å². The van der Waals surface area contributed by atoms with Gasteiger partial charge in [0.2, 0.25) is 10.0 Å². The van der Waals surface area contributed by atoms with Crippen LogP contribution in [-0.2, 0) is 10.0 Å². The normalized spacial score (nSPS) is 28.4. The molecular formula is C17H26N2O4S. The topological polar surface area (TPSA) is 78.9 Å². The largest absolute Gasteiger partial charge is 0.492 e. The van der Waals surface area contributed by atoms with Crippen molar-refractivity contribution in [1.82, 2.24) is 9.62 Å². The Bertz CT molecular complexity index is 707. The maximum atomic E-state index is 13.2. The number of benzene rings is 1. The summed E-state index contributed by atoms with van der Waals surface area (Å²) in [5.41, 5.74) is 0.136. The predicted molar refractivity (Wildman–Crippen MR) is 91.7 cm³/mol. The Balaban J connectivity index is 1.90. The molecule has 2 saturated heterocycles. The highest BCUT2D eigenvalue weighted by Crippen LogP contribution is 2.36. The summed E-state index contributed by atoms with van der Waals surface area (Å²) in [6.45, 7) is 6.23. The first-order valence-corrected chi connectivity index (χ1v) is 9.97. The lowest BCUT2D eigenvalue weighted by Gasteiger charge is -2.47. The average molecular weight is 354 g/mol. The fraction of sp³-hybridized carbons (Fsp3) is 0.647. The second-order valence-electron chi connectivity index (χ2n) is 6.75. The molecule has 2 atom stereocenters. The van der Waals surface area contributed by atoms with Gasteiger partial charge in [0.05, 0.1) is 12.2 Å². The monoisotopic (exact) mass is 354 g/mol. The van der Waals surface area contributed by atoms with E-state index >= 15 is 0 Å². The number of sulfonamides is 1. The Morgan fingerprint density at radius 3 is 2.96 bits per heavy atom. The molecule has 134 valence electrons. The number of rotatable bonds is 4. The number of fused-ring (bicyclic) bond motifs is 1. The van der Waals surface area contributed by atoms with Crippen LogP contribution in [0.3, 0.4) is 0 Å². The van der Waals surface area contributed by atoms with Crippen LogP contribution in [0.1, 0.15) is 25.3 Å². The van der Waals surface area contributed by atoms with Gasteiger partial charge in [0.1, 0.15) is 10.6 Å². The van der Waals surface area contributed by atoms with Crippen LogP contribution in [0.4, 0.5) is 0 Å². The van der Waals surface area contributed by atoms with E-state index in [9.17, 15) is 13.5 Å². The third-order valence-electron chi connectivity index (χ3n) is 5.12. The predicted octanol–water partition coefficient (Wildman–Crippen LogP) is 1.13. The van der Waals surface area contributed by atoms with E-state index in [1.807, 2.05) is 19.9 Å². The van der Waals surface area contributed by atoms with Gasteiger partial charge in [-0.15, -0.1) is 0 Å². The van der Waals surface area contributed by atoms with E-state index in [2.05, 4.69) is 5.32 Å². The molecule has 2 unspecified atom stereocenters. The van der Waals surface area contributed by atoms with Crippen molar-refractivity contribution in [1.29, 1.82) is 0 Å². The van der Waals surface area contributed by atoms with Gasteiger partial charge in [0, 0.05) is 25.6 Å². The van der Waals surface area contributed by atoms with Gasteiger partial charge < -0.3 is 15.2 Å². The molecule has 0 amide bonds. The maximum Gasteiger partial charge on any atom is 0.246 e. The van der Waals surface area contributed by atoms with Crippen LogP contribution in [0.5, 0.6) is 5.75 Å². The maximum absolute atomic E-state index is 13.2. The molecule has 0 saturated carbocycles. The Hall–Kier alpha value is -1.15. The van der Waals surface area contributed by atoms with E-state index in [0.29, 0.717) is 44.8 Å². The van der Waals surface area contributed by atoms with Gasteiger partial charge in [0.25, 0.3) is 0 Å². The Morgan fingerprint density at radius 1 is 1.42 bits per heavy atom. The minimum absolute atomic E-state index is 0.0740. The first-order chi connectivity index (χ1) is 11.4. The van der Waals surface area contributed by atoms with Crippen LogP contribution in [0.2, 0.25) is 0 Å². The van der Waals surface area contributed by atoms with Crippen molar-refractivity contribution >= 4 is 10.0 Å².